The third-order valence-corrected chi connectivity index (χ3v) is 7.51. The summed E-state index contributed by atoms with van der Waals surface area (Å²) >= 11 is 0. The number of rotatable bonds is 3. The van der Waals surface area contributed by atoms with E-state index >= 15 is 0 Å². The molecule has 1 N–H and O–H groups in total. The van der Waals surface area contributed by atoms with Gasteiger partial charge < -0.3 is 15.0 Å². The van der Waals surface area contributed by atoms with E-state index in [1.165, 1.54) is 24.7 Å². The van der Waals surface area contributed by atoms with Crippen LogP contribution in [0.1, 0.15) is 86.8 Å². The van der Waals surface area contributed by atoms with Crippen molar-refractivity contribution in [3.63, 3.8) is 0 Å². The number of ketones is 1. The lowest BCUT2D eigenvalue weighted by molar-refractivity contribution is -0.138. The third kappa shape index (κ3) is 7.22. The number of benzene rings is 1. The molecule has 214 valence electrons. The summed E-state index contributed by atoms with van der Waals surface area (Å²) in [5.41, 5.74) is 2.87. The molecule has 2 amide bonds. The molecule has 1 aliphatic heterocycles. The first kappa shape index (κ1) is 29.2. The lowest BCUT2D eigenvalue weighted by Gasteiger charge is -2.24. The molecule has 0 saturated heterocycles. The molecule has 2 aromatic heterocycles. The van der Waals surface area contributed by atoms with Crippen molar-refractivity contribution < 1.29 is 19.1 Å². The van der Waals surface area contributed by atoms with Crippen LogP contribution >= 0.6 is 0 Å². The van der Waals surface area contributed by atoms with Gasteiger partial charge in [-0.2, -0.15) is 5.10 Å². The van der Waals surface area contributed by atoms with E-state index < -0.39 is 6.04 Å². The van der Waals surface area contributed by atoms with E-state index in [0.29, 0.717) is 17.7 Å². The fourth-order valence-electron chi connectivity index (χ4n) is 5.03. The number of aromatic nitrogens is 4. The van der Waals surface area contributed by atoms with Crippen LogP contribution in [0, 0.1) is 6.92 Å². The van der Waals surface area contributed by atoms with Gasteiger partial charge in [0.2, 0.25) is 11.8 Å². The summed E-state index contributed by atoms with van der Waals surface area (Å²) < 4.78 is 7.61. The van der Waals surface area contributed by atoms with Gasteiger partial charge in [0, 0.05) is 38.3 Å². The van der Waals surface area contributed by atoms with Crippen molar-refractivity contribution in [1.82, 2.24) is 30.0 Å². The fourth-order valence-corrected chi connectivity index (χ4v) is 5.03. The van der Waals surface area contributed by atoms with E-state index in [0.717, 1.165) is 61.6 Å². The van der Waals surface area contributed by atoms with Crippen molar-refractivity contribution in [1.29, 1.82) is 0 Å². The van der Waals surface area contributed by atoms with Crippen LogP contribution in [0.3, 0.4) is 0 Å². The number of Topliss-reactive ketones (excluding diaryl/α,β-unsaturated/α-hetero) is 1. The largest absolute Gasteiger partial charge is 0.424 e. The van der Waals surface area contributed by atoms with E-state index in [2.05, 4.69) is 20.4 Å². The van der Waals surface area contributed by atoms with Gasteiger partial charge in [0.1, 0.15) is 24.0 Å². The topological polar surface area (TPSA) is 119 Å². The second kappa shape index (κ2) is 13.5. The molecular weight excluding hydrogens is 508 g/mol. The van der Waals surface area contributed by atoms with Gasteiger partial charge in [-0.25, -0.2) is 9.97 Å². The fraction of sp³-hybridized carbons (Fsp3) is 0.533. The number of hydrogen-bond donors (Lipinski definition) is 1. The van der Waals surface area contributed by atoms with Crippen molar-refractivity contribution >= 4 is 28.5 Å². The molecule has 1 atom stereocenters. The van der Waals surface area contributed by atoms with Crippen molar-refractivity contribution in [3.05, 3.63) is 41.3 Å². The van der Waals surface area contributed by atoms with Gasteiger partial charge in [0.05, 0.1) is 5.52 Å². The Kier molecular flexibility index (Phi) is 9.84. The lowest BCUT2D eigenvalue weighted by atomic mass is 10.0. The van der Waals surface area contributed by atoms with Crippen molar-refractivity contribution in [2.75, 3.05) is 13.6 Å². The summed E-state index contributed by atoms with van der Waals surface area (Å²) in [5.74, 6) is -0.134. The number of likely N-dealkylation sites (N-methyl/N-ethyl adjacent to an activating group) is 1. The Morgan fingerprint density at radius 2 is 1.65 bits per heavy atom. The first-order valence-corrected chi connectivity index (χ1v) is 14.3. The van der Waals surface area contributed by atoms with Crippen molar-refractivity contribution in [3.8, 4) is 11.8 Å². The van der Waals surface area contributed by atoms with Crippen molar-refractivity contribution in [2.45, 2.75) is 91.1 Å². The summed E-state index contributed by atoms with van der Waals surface area (Å²) in [6, 6.07) is 3.29. The van der Waals surface area contributed by atoms with Gasteiger partial charge in [0.15, 0.2) is 5.78 Å². The van der Waals surface area contributed by atoms with Crippen molar-refractivity contribution in [2.24, 2.45) is 0 Å². The average molecular weight is 549 g/mol. The van der Waals surface area contributed by atoms with Gasteiger partial charge >= 0.3 is 6.01 Å². The van der Waals surface area contributed by atoms with Crippen LogP contribution in [-0.2, 0) is 22.6 Å². The third-order valence-electron chi connectivity index (χ3n) is 7.51. The summed E-state index contributed by atoms with van der Waals surface area (Å²) in [5, 5.41) is 8.17. The molecule has 10 heteroatoms. The smallest absolute Gasteiger partial charge is 0.321 e. The van der Waals surface area contributed by atoms with Crippen LogP contribution in [0.2, 0.25) is 0 Å². The molecule has 0 bridgehead atoms. The molecule has 0 unspecified atom stereocenters. The molecule has 10 nitrogen and oxygen atoms in total. The lowest BCUT2D eigenvalue weighted by Crippen LogP contribution is -2.47. The average Bonchev–Trinajstić information content (AvgIpc) is 3.29. The van der Waals surface area contributed by atoms with Gasteiger partial charge in [-0.1, -0.05) is 38.5 Å². The Morgan fingerprint density at radius 3 is 2.33 bits per heavy atom. The number of hydrogen-bond acceptors (Lipinski definition) is 7. The van der Waals surface area contributed by atoms with E-state index in [1.54, 1.807) is 37.1 Å². The molecule has 4 rings (SSSR count). The number of amides is 2. The molecular formula is C30H40N6O4. The van der Waals surface area contributed by atoms with Crippen LogP contribution in [0.25, 0.3) is 10.9 Å². The number of aryl methyl sites for hydroxylation is 2. The minimum atomic E-state index is -0.627. The second-order valence-electron chi connectivity index (χ2n) is 10.7. The number of ether oxygens (including phenoxy) is 1. The number of nitrogens with one attached hydrogen (secondary N) is 1. The number of carbonyl (C=O) groups is 3. The highest BCUT2D eigenvalue weighted by Crippen LogP contribution is 2.32. The van der Waals surface area contributed by atoms with E-state index in [-0.39, 0.29) is 35.8 Å². The second-order valence-corrected chi connectivity index (χ2v) is 10.7. The highest BCUT2D eigenvalue weighted by atomic mass is 16.5. The first-order chi connectivity index (χ1) is 19.2. The zero-order valence-electron chi connectivity index (χ0n) is 24.0. The monoisotopic (exact) mass is 548 g/mol. The quantitative estimate of drug-likeness (QED) is 0.468. The molecule has 1 aromatic carbocycles. The van der Waals surface area contributed by atoms with E-state index in [1.807, 2.05) is 13.0 Å². The highest BCUT2D eigenvalue weighted by Gasteiger charge is 2.25. The Bertz CT molecular complexity index is 1350. The maximum absolute atomic E-state index is 13.3. The van der Waals surface area contributed by atoms with Crippen LogP contribution in [-0.4, -0.2) is 61.9 Å². The zero-order chi connectivity index (χ0) is 28.6. The molecule has 0 spiro atoms. The SMILES string of the molecule is CC(=O)c1nn2c3c(cc(Oc4ncc(C)cn4)cc13)CCCCCCCCCCNC(=O)[C@H](C)N(C)C(=O)C2. The van der Waals surface area contributed by atoms with Crippen LogP contribution in [0.5, 0.6) is 11.8 Å². The van der Waals surface area contributed by atoms with Crippen LogP contribution in [0.15, 0.2) is 24.5 Å². The highest BCUT2D eigenvalue weighted by molar-refractivity contribution is 6.06. The molecule has 0 radical (unpaired) electrons. The summed E-state index contributed by atoms with van der Waals surface area (Å²) in [4.78, 5) is 48.6. The minimum absolute atomic E-state index is 0.0911. The first-order valence-electron chi connectivity index (χ1n) is 14.3. The number of carbonyl (C=O) groups excluding carboxylic acids is 3. The normalized spacial score (nSPS) is 18.5. The molecule has 0 saturated carbocycles. The van der Waals surface area contributed by atoms with Gasteiger partial charge in [-0.05, 0) is 56.4 Å². The molecule has 40 heavy (non-hydrogen) atoms. The Morgan fingerprint density at radius 1 is 1.00 bits per heavy atom. The summed E-state index contributed by atoms with van der Waals surface area (Å²) in [6.45, 7) is 5.61. The predicted molar refractivity (Wildman–Crippen MR) is 152 cm³/mol. The van der Waals surface area contributed by atoms with Gasteiger partial charge in [-0.3, -0.25) is 19.1 Å². The summed E-state index contributed by atoms with van der Waals surface area (Å²) in [7, 11) is 1.63. The van der Waals surface area contributed by atoms with E-state index in [4.69, 9.17) is 4.74 Å². The Hall–Kier alpha value is -3.82. The predicted octanol–water partition coefficient (Wildman–Crippen LogP) is 4.77. The minimum Gasteiger partial charge on any atom is -0.424 e. The van der Waals surface area contributed by atoms with Crippen LogP contribution < -0.4 is 10.1 Å². The molecule has 0 fully saturated rings. The molecule has 3 heterocycles. The Labute approximate surface area is 235 Å². The number of nitrogens with zero attached hydrogens (tertiary/aromatic N) is 5. The maximum Gasteiger partial charge on any atom is 0.321 e. The Balaban J connectivity index is 1.72. The maximum atomic E-state index is 13.3. The zero-order valence-corrected chi connectivity index (χ0v) is 24.0. The molecule has 0 aliphatic carbocycles. The molecule has 3 aromatic rings. The summed E-state index contributed by atoms with van der Waals surface area (Å²) in [6.07, 6.45) is 12.8. The van der Waals surface area contributed by atoms with Gasteiger partial charge in [0.25, 0.3) is 0 Å². The van der Waals surface area contributed by atoms with E-state index in [9.17, 15) is 14.4 Å². The molecule has 1 aliphatic rings. The standard InChI is InChI=1S/C30H40N6O4/c1-20-17-32-30(33-18-20)40-24-15-23-13-11-9-7-5-6-8-10-12-14-31-29(39)21(2)35(4)26(38)19-36-28(23)25(16-24)27(34-36)22(3)37/h15-18,21H,5-14,19H2,1-4H3,(H,31,39)/t21-/m0/s1. The van der Waals surface area contributed by atoms with Crippen LogP contribution in [0.4, 0.5) is 0 Å². The van der Waals surface area contributed by atoms with Gasteiger partial charge in [-0.15, -0.1) is 0 Å².